The lowest BCUT2D eigenvalue weighted by molar-refractivity contribution is 0.357. The van der Waals surface area contributed by atoms with Gasteiger partial charge in [-0.1, -0.05) is 30.7 Å². The van der Waals surface area contributed by atoms with Crippen LogP contribution < -0.4 is 5.32 Å². The zero-order chi connectivity index (χ0) is 13.1. The van der Waals surface area contributed by atoms with E-state index in [1.54, 1.807) is 0 Å². The predicted octanol–water partition coefficient (Wildman–Crippen LogP) is 4.14. The summed E-state index contributed by atoms with van der Waals surface area (Å²) in [5.41, 5.74) is 3.92. The number of halogens is 1. The smallest absolute Gasteiger partial charge is 0.0637 e. The topological polar surface area (TPSA) is 15.3 Å². The Hall–Kier alpha value is -1.15. The van der Waals surface area contributed by atoms with Crippen LogP contribution in [0.2, 0.25) is 5.02 Å². The fourth-order valence-electron chi connectivity index (χ4n) is 2.67. The molecule has 0 fully saturated rings. The minimum atomic E-state index is 0.399. The number of benzene rings is 1. The number of rotatable bonds is 3. The first-order valence-electron chi connectivity index (χ1n) is 6.55. The molecule has 0 aromatic heterocycles. The second-order valence-electron chi connectivity index (χ2n) is 4.87. The lowest BCUT2D eigenvalue weighted by atomic mass is 9.96. The maximum atomic E-state index is 6.20. The van der Waals surface area contributed by atoms with Gasteiger partial charge in [0, 0.05) is 19.3 Å². The van der Waals surface area contributed by atoms with Crippen molar-refractivity contribution in [3.63, 3.8) is 0 Å². The molecule has 0 saturated carbocycles. The lowest BCUT2D eigenvalue weighted by Gasteiger charge is -2.35. The van der Waals surface area contributed by atoms with Crippen molar-refractivity contribution >= 4 is 17.3 Å². The molecular weight excluding hydrogens is 244 g/mol. The highest BCUT2D eigenvalue weighted by atomic mass is 35.5. The highest BCUT2D eigenvalue weighted by molar-refractivity contribution is 6.33. The summed E-state index contributed by atoms with van der Waals surface area (Å²) in [5.74, 6) is 0. The van der Waals surface area contributed by atoms with E-state index in [1.807, 2.05) is 24.3 Å². The van der Waals surface area contributed by atoms with Gasteiger partial charge in [0.1, 0.15) is 0 Å². The van der Waals surface area contributed by atoms with E-state index in [4.69, 9.17) is 11.6 Å². The fourth-order valence-corrected chi connectivity index (χ4v) is 2.86. The molecule has 2 nitrogen and oxygen atoms in total. The summed E-state index contributed by atoms with van der Waals surface area (Å²) in [7, 11) is 2.17. The van der Waals surface area contributed by atoms with Gasteiger partial charge in [-0.3, -0.25) is 0 Å². The van der Waals surface area contributed by atoms with E-state index >= 15 is 0 Å². The summed E-state index contributed by atoms with van der Waals surface area (Å²) < 4.78 is 0. The molecule has 0 amide bonds. The van der Waals surface area contributed by atoms with Crippen molar-refractivity contribution < 1.29 is 0 Å². The summed E-state index contributed by atoms with van der Waals surface area (Å²) in [6.45, 7) is 5.54. The highest BCUT2D eigenvalue weighted by Gasteiger charge is 2.22. The van der Waals surface area contributed by atoms with E-state index in [9.17, 15) is 0 Å². The zero-order valence-corrected chi connectivity index (χ0v) is 12.1. The van der Waals surface area contributed by atoms with Crippen LogP contribution in [0.4, 0.5) is 5.69 Å². The minimum absolute atomic E-state index is 0.399. The van der Waals surface area contributed by atoms with Gasteiger partial charge in [0.2, 0.25) is 0 Å². The Morgan fingerprint density at radius 2 is 2.11 bits per heavy atom. The van der Waals surface area contributed by atoms with E-state index in [0.29, 0.717) is 6.04 Å². The normalized spacial score (nSPS) is 20.2. The van der Waals surface area contributed by atoms with Crippen molar-refractivity contribution in [3.8, 4) is 0 Å². The monoisotopic (exact) mass is 264 g/mol. The van der Waals surface area contributed by atoms with Crippen molar-refractivity contribution in [1.29, 1.82) is 0 Å². The molecule has 2 rings (SSSR count). The first kappa shape index (κ1) is 13.3. The number of hydrogen-bond donors (Lipinski definition) is 1. The Morgan fingerprint density at radius 3 is 2.78 bits per heavy atom. The maximum Gasteiger partial charge on any atom is 0.0637 e. The molecule has 1 atom stereocenters. The van der Waals surface area contributed by atoms with Crippen LogP contribution in [0, 0.1) is 0 Å². The molecule has 1 aromatic carbocycles. The second-order valence-corrected chi connectivity index (χ2v) is 5.28. The Kier molecular flexibility index (Phi) is 4.18. The second kappa shape index (κ2) is 5.66. The van der Waals surface area contributed by atoms with Crippen LogP contribution in [-0.4, -0.2) is 24.5 Å². The van der Waals surface area contributed by atoms with E-state index in [1.165, 1.54) is 11.3 Å². The third kappa shape index (κ3) is 2.64. The first-order valence-corrected chi connectivity index (χ1v) is 6.93. The average Bonchev–Trinajstić information content (AvgIpc) is 2.36. The third-order valence-electron chi connectivity index (χ3n) is 3.73. The predicted molar refractivity (Wildman–Crippen MR) is 79.1 cm³/mol. The van der Waals surface area contributed by atoms with Crippen LogP contribution in [0.3, 0.4) is 0 Å². The highest BCUT2D eigenvalue weighted by Crippen LogP contribution is 2.28. The Bertz CT molecular complexity index is 454. The van der Waals surface area contributed by atoms with Crippen molar-refractivity contribution in [3.05, 3.63) is 40.6 Å². The summed E-state index contributed by atoms with van der Waals surface area (Å²) in [6, 6.07) is 8.35. The van der Waals surface area contributed by atoms with Gasteiger partial charge in [0.25, 0.3) is 0 Å². The molecule has 0 saturated heterocycles. The van der Waals surface area contributed by atoms with Gasteiger partial charge in [-0.05, 0) is 37.5 Å². The van der Waals surface area contributed by atoms with Crippen LogP contribution in [0.15, 0.2) is 35.5 Å². The molecule has 1 aromatic rings. The van der Waals surface area contributed by atoms with E-state index in [2.05, 4.69) is 31.1 Å². The van der Waals surface area contributed by atoms with Gasteiger partial charge < -0.3 is 10.2 Å². The molecule has 0 bridgehead atoms. The summed E-state index contributed by atoms with van der Waals surface area (Å²) >= 11 is 6.20. The van der Waals surface area contributed by atoms with Crippen LogP contribution >= 0.6 is 11.6 Å². The number of nitrogens with zero attached hydrogens (tertiary/aromatic N) is 1. The van der Waals surface area contributed by atoms with Crippen molar-refractivity contribution in [2.24, 2.45) is 0 Å². The average molecular weight is 265 g/mol. The Labute approximate surface area is 115 Å². The Balaban J connectivity index is 2.20. The standard InChI is InChI=1S/C15H21ClN2/c1-4-15-11(2)13(9-10-18(15)3)17-14-8-6-5-7-12(14)16/h5-8,13,17H,4,9-10H2,1-3H3. The molecule has 1 aliphatic rings. The molecule has 1 unspecified atom stereocenters. The molecule has 1 heterocycles. The van der Waals surface area contributed by atoms with Gasteiger partial charge in [-0.2, -0.15) is 0 Å². The molecule has 0 aliphatic carbocycles. The van der Waals surface area contributed by atoms with E-state index in [0.717, 1.165) is 30.1 Å². The van der Waals surface area contributed by atoms with Crippen molar-refractivity contribution in [1.82, 2.24) is 4.90 Å². The number of allylic oxidation sites excluding steroid dienone is 1. The zero-order valence-electron chi connectivity index (χ0n) is 11.3. The van der Waals surface area contributed by atoms with Crippen LogP contribution in [0.25, 0.3) is 0 Å². The van der Waals surface area contributed by atoms with Gasteiger partial charge in [-0.25, -0.2) is 0 Å². The molecule has 0 spiro atoms. The molecule has 1 N–H and O–H groups in total. The molecule has 3 heteroatoms. The quantitative estimate of drug-likeness (QED) is 0.883. The molecular formula is C15H21ClN2. The SMILES string of the molecule is CCC1=C(C)C(Nc2ccccc2Cl)CCN1C. The third-order valence-corrected chi connectivity index (χ3v) is 4.06. The van der Waals surface area contributed by atoms with Crippen LogP contribution in [0.1, 0.15) is 26.7 Å². The number of hydrogen-bond acceptors (Lipinski definition) is 2. The van der Waals surface area contributed by atoms with Gasteiger partial charge in [-0.15, -0.1) is 0 Å². The van der Waals surface area contributed by atoms with Gasteiger partial charge in [0.15, 0.2) is 0 Å². The number of para-hydroxylation sites is 1. The number of nitrogens with one attached hydrogen (secondary N) is 1. The summed E-state index contributed by atoms with van der Waals surface area (Å²) in [4.78, 5) is 2.36. The largest absolute Gasteiger partial charge is 0.378 e. The molecule has 0 radical (unpaired) electrons. The van der Waals surface area contributed by atoms with Crippen LogP contribution in [-0.2, 0) is 0 Å². The van der Waals surface area contributed by atoms with Gasteiger partial charge >= 0.3 is 0 Å². The summed E-state index contributed by atoms with van der Waals surface area (Å²) in [6.07, 6.45) is 2.21. The first-order chi connectivity index (χ1) is 8.63. The van der Waals surface area contributed by atoms with Crippen molar-refractivity contribution in [2.75, 3.05) is 18.9 Å². The fraction of sp³-hybridized carbons (Fsp3) is 0.467. The molecule has 1 aliphatic heterocycles. The molecule has 18 heavy (non-hydrogen) atoms. The lowest BCUT2D eigenvalue weighted by Crippen LogP contribution is -2.35. The molecule has 98 valence electrons. The van der Waals surface area contributed by atoms with Crippen LogP contribution in [0.5, 0.6) is 0 Å². The van der Waals surface area contributed by atoms with E-state index < -0.39 is 0 Å². The Morgan fingerprint density at radius 1 is 1.39 bits per heavy atom. The van der Waals surface area contributed by atoms with E-state index in [-0.39, 0.29) is 0 Å². The van der Waals surface area contributed by atoms with Crippen molar-refractivity contribution in [2.45, 2.75) is 32.7 Å². The van der Waals surface area contributed by atoms with Gasteiger partial charge in [0.05, 0.1) is 16.8 Å². The maximum absolute atomic E-state index is 6.20. The minimum Gasteiger partial charge on any atom is -0.378 e. The summed E-state index contributed by atoms with van der Waals surface area (Å²) in [5, 5.41) is 4.36. The number of anilines is 1.